The van der Waals surface area contributed by atoms with Gasteiger partial charge < -0.3 is 21.1 Å². The van der Waals surface area contributed by atoms with Gasteiger partial charge in [0.15, 0.2) is 0 Å². The molecule has 12 heteroatoms. The lowest BCUT2D eigenvalue weighted by Gasteiger charge is -2.25. The number of hydrogen-bond acceptors (Lipinski definition) is 5. The summed E-state index contributed by atoms with van der Waals surface area (Å²) in [4.78, 5) is 42.9. The Morgan fingerprint density at radius 1 is 1.13 bits per heavy atom. The Morgan fingerprint density at radius 2 is 1.84 bits per heavy atom. The van der Waals surface area contributed by atoms with E-state index in [2.05, 4.69) is 15.6 Å². The molecule has 3 rings (SSSR count). The van der Waals surface area contributed by atoms with Crippen molar-refractivity contribution in [1.29, 1.82) is 0 Å². The molecule has 0 bridgehead atoms. The summed E-state index contributed by atoms with van der Waals surface area (Å²) in [6.45, 7) is -0.838. The molecule has 0 saturated carbocycles. The second-order valence-electron chi connectivity index (χ2n) is 8.76. The summed E-state index contributed by atoms with van der Waals surface area (Å²) in [5, 5.41) is 5.05. The molecule has 2 aromatic rings. The zero-order valence-electron chi connectivity index (χ0n) is 20.6. The summed E-state index contributed by atoms with van der Waals surface area (Å²) >= 11 is 0. The van der Waals surface area contributed by atoms with Crippen molar-refractivity contribution in [3.8, 4) is 5.75 Å². The van der Waals surface area contributed by atoms with Crippen molar-refractivity contribution in [2.24, 2.45) is 22.6 Å². The Morgan fingerprint density at radius 3 is 2.45 bits per heavy atom. The van der Waals surface area contributed by atoms with Crippen LogP contribution in [0.4, 0.5) is 23.2 Å². The molecule has 38 heavy (non-hydrogen) atoms. The van der Waals surface area contributed by atoms with Crippen LogP contribution in [0.25, 0.3) is 0 Å². The molecule has 1 aliphatic rings. The number of halogens is 4. The number of aliphatic imine (C=N–C) groups is 1. The average molecular weight is 537 g/mol. The smallest absolute Gasteiger partial charge is 0.389 e. The Balaban J connectivity index is 1.99. The molecule has 0 saturated heterocycles. The zero-order valence-corrected chi connectivity index (χ0v) is 20.6. The summed E-state index contributed by atoms with van der Waals surface area (Å²) in [5.41, 5.74) is 7.20. The number of benzodiazepines with no additional fused rings is 1. The normalized spacial score (nSPS) is 16.8. The number of rotatable bonds is 11. The third kappa shape index (κ3) is 7.30. The molecule has 0 radical (unpaired) electrons. The van der Waals surface area contributed by atoms with Crippen molar-refractivity contribution in [2.45, 2.75) is 38.0 Å². The number of amides is 3. The number of anilines is 1. The molecule has 0 aliphatic carbocycles. The molecule has 0 spiro atoms. The number of ether oxygens (including phenoxy) is 1. The fourth-order valence-corrected chi connectivity index (χ4v) is 4.26. The zero-order chi connectivity index (χ0) is 27.9. The lowest BCUT2D eigenvalue weighted by Crippen LogP contribution is -2.48. The van der Waals surface area contributed by atoms with Crippen molar-refractivity contribution < 1.29 is 36.7 Å². The molecule has 204 valence electrons. The highest BCUT2D eigenvalue weighted by atomic mass is 19.4. The molecule has 4 N–H and O–H groups in total. The van der Waals surface area contributed by atoms with E-state index in [0.29, 0.717) is 28.3 Å². The first kappa shape index (κ1) is 28.6. The number of fused-ring (bicyclic) bond motifs is 1. The highest BCUT2D eigenvalue weighted by molar-refractivity contribution is 6.20. The minimum absolute atomic E-state index is 0.166. The summed E-state index contributed by atoms with van der Waals surface area (Å²) in [5.74, 6) is -5.26. The van der Waals surface area contributed by atoms with E-state index in [1.165, 1.54) is 7.11 Å². The summed E-state index contributed by atoms with van der Waals surface area (Å²) < 4.78 is 57.1. The van der Waals surface area contributed by atoms with Crippen molar-refractivity contribution in [3.63, 3.8) is 0 Å². The van der Waals surface area contributed by atoms with Crippen LogP contribution in [0.15, 0.2) is 53.5 Å². The molecule has 3 unspecified atom stereocenters. The number of nitrogens with two attached hydrogens (primary N) is 1. The average Bonchev–Trinajstić information content (AvgIpc) is 3.01. The number of nitrogens with one attached hydrogen (secondary N) is 2. The second kappa shape index (κ2) is 12.5. The van der Waals surface area contributed by atoms with E-state index in [-0.39, 0.29) is 12.8 Å². The van der Waals surface area contributed by atoms with Gasteiger partial charge >= 0.3 is 6.18 Å². The molecule has 0 aromatic heterocycles. The van der Waals surface area contributed by atoms with E-state index in [1.54, 1.807) is 48.5 Å². The number of hydrogen-bond donors (Lipinski definition) is 3. The molecule has 2 aromatic carbocycles. The van der Waals surface area contributed by atoms with E-state index in [4.69, 9.17) is 10.5 Å². The van der Waals surface area contributed by atoms with Crippen LogP contribution in [0.3, 0.4) is 0 Å². The topological polar surface area (TPSA) is 123 Å². The van der Waals surface area contributed by atoms with Gasteiger partial charge in [0.1, 0.15) is 5.75 Å². The van der Waals surface area contributed by atoms with E-state index < -0.39 is 61.4 Å². The predicted octanol–water partition coefficient (Wildman–Crippen LogP) is 3.74. The maximum Gasteiger partial charge on any atom is 0.389 e. The first-order chi connectivity index (χ1) is 18.0. The van der Waals surface area contributed by atoms with Gasteiger partial charge in [-0.15, -0.1) is 0 Å². The van der Waals surface area contributed by atoms with Crippen LogP contribution in [0, 0.1) is 11.8 Å². The Hall–Kier alpha value is -3.96. The summed E-state index contributed by atoms with van der Waals surface area (Å²) in [6.07, 6.45) is -8.68. The number of carbonyl (C=O) groups is 3. The maximum absolute atomic E-state index is 13.3. The third-order valence-electron chi connectivity index (χ3n) is 6.15. The van der Waals surface area contributed by atoms with Crippen LogP contribution in [0.1, 0.15) is 36.8 Å². The van der Waals surface area contributed by atoms with Gasteiger partial charge in [-0.25, -0.2) is 4.99 Å². The maximum atomic E-state index is 13.3. The van der Waals surface area contributed by atoms with Crippen LogP contribution >= 0.6 is 0 Å². The minimum Gasteiger partial charge on any atom is -0.497 e. The van der Waals surface area contributed by atoms with Crippen LogP contribution in [0.2, 0.25) is 0 Å². The fourth-order valence-electron chi connectivity index (χ4n) is 4.26. The van der Waals surface area contributed by atoms with Gasteiger partial charge in [0.05, 0.1) is 25.2 Å². The lowest BCUT2D eigenvalue weighted by molar-refractivity contribution is -0.146. The molecule has 1 aliphatic heterocycles. The van der Waals surface area contributed by atoms with Gasteiger partial charge in [-0.3, -0.25) is 18.8 Å². The third-order valence-corrected chi connectivity index (χ3v) is 6.15. The minimum atomic E-state index is -4.61. The molecule has 1 heterocycles. The Bertz CT molecular complexity index is 1190. The van der Waals surface area contributed by atoms with Crippen LogP contribution < -0.4 is 21.1 Å². The predicted molar refractivity (Wildman–Crippen MR) is 132 cm³/mol. The summed E-state index contributed by atoms with van der Waals surface area (Å²) in [7, 11) is 1.45. The monoisotopic (exact) mass is 536 g/mol. The molecule has 3 amide bonds. The van der Waals surface area contributed by atoms with Gasteiger partial charge in [-0.1, -0.05) is 30.3 Å². The number of alkyl halides is 4. The number of nitrogens with zero attached hydrogens (tertiary/aromatic N) is 1. The summed E-state index contributed by atoms with van der Waals surface area (Å²) in [6, 6.07) is 13.7. The number of methoxy groups -OCH3 is 1. The van der Waals surface area contributed by atoms with Gasteiger partial charge in [-0.05, 0) is 31.4 Å². The van der Waals surface area contributed by atoms with Crippen molar-refractivity contribution in [1.82, 2.24) is 5.32 Å². The standard InChI is InChI=1S/C26H28F4N4O4/c1-38-16-9-10-19-20(14-16)32-25(37)23(33-21(19)15-6-3-2-4-7-15)34-24(36)18(11-12-26(28,29)30)17(22(31)35)8-5-13-27/h2-4,6-7,9-10,14,17-18,23H,5,8,11-13H2,1H3,(H2,31,35)(H,32,37)(H,34,36). The molecule has 3 atom stereocenters. The van der Waals surface area contributed by atoms with Crippen molar-refractivity contribution >= 4 is 29.1 Å². The molecular formula is C26H28F4N4O4. The van der Waals surface area contributed by atoms with Gasteiger partial charge in [-0.2, -0.15) is 13.2 Å². The Labute approximate surface area is 216 Å². The van der Waals surface area contributed by atoms with Crippen LogP contribution in [-0.2, 0) is 14.4 Å². The van der Waals surface area contributed by atoms with Gasteiger partial charge in [0.25, 0.3) is 5.91 Å². The fraction of sp³-hybridized carbons (Fsp3) is 0.385. The van der Waals surface area contributed by atoms with E-state index in [0.717, 1.165) is 0 Å². The SMILES string of the molecule is COc1ccc2c(c1)NC(=O)C(NC(=O)C(CCC(F)(F)F)C(CCCF)C(N)=O)N=C2c1ccccc1. The van der Waals surface area contributed by atoms with Crippen molar-refractivity contribution in [3.05, 3.63) is 59.7 Å². The lowest BCUT2D eigenvalue weighted by atomic mass is 9.83. The highest BCUT2D eigenvalue weighted by Crippen LogP contribution is 2.31. The number of carbonyl (C=O) groups excluding carboxylic acids is 3. The Kier molecular flexibility index (Phi) is 9.43. The van der Waals surface area contributed by atoms with Gasteiger partial charge in [0.2, 0.25) is 18.0 Å². The molecule has 8 nitrogen and oxygen atoms in total. The second-order valence-corrected chi connectivity index (χ2v) is 8.76. The largest absolute Gasteiger partial charge is 0.497 e. The van der Waals surface area contributed by atoms with Crippen LogP contribution in [0.5, 0.6) is 5.75 Å². The number of primary amides is 1. The van der Waals surface area contributed by atoms with Crippen molar-refractivity contribution in [2.75, 3.05) is 19.1 Å². The number of benzene rings is 2. The highest BCUT2D eigenvalue weighted by Gasteiger charge is 2.38. The quantitative estimate of drug-likeness (QED) is 0.379. The van der Waals surface area contributed by atoms with E-state index >= 15 is 0 Å². The van der Waals surface area contributed by atoms with Crippen LogP contribution in [-0.4, -0.2) is 49.6 Å². The first-order valence-electron chi connectivity index (χ1n) is 11.9. The molecule has 0 fully saturated rings. The molecular weight excluding hydrogens is 508 g/mol. The van der Waals surface area contributed by atoms with Gasteiger partial charge in [0, 0.05) is 35.4 Å². The van der Waals surface area contributed by atoms with E-state index in [9.17, 15) is 31.9 Å². The first-order valence-corrected chi connectivity index (χ1v) is 11.9. The van der Waals surface area contributed by atoms with E-state index in [1.807, 2.05) is 0 Å².